The van der Waals surface area contributed by atoms with Crippen molar-refractivity contribution in [1.29, 1.82) is 0 Å². The summed E-state index contributed by atoms with van der Waals surface area (Å²) in [4.78, 5) is 41.6. The van der Waals surface area contributed by atoms with Gasteiger partial charge in [-0.15, -0.1) is 0 Å². The molecule has 2 aromatic carbocycles. The van der Waals surface area contributed by atoms with E-state index in [9.17, 15) is 14.4 Å². The fraction of sp³-hybridized carbons (Fsp3) is 0.346. The standard InChI is InChI=1S/C26H29N3O3/c1-15-8-7-9-19(10-15)29-24(31)21(23(30)27-25(29)32)13-18-12-20-17(3)14-26(4,5)28(6)22(20)11-16(18)2/h7-13,17H,14H2,1-6H3,(H,27,30,32)/b21-13+/t17-/m1/s1. The molecule has 2 aromatic rings. The second kappa shape index (κ2) is 7.62. The van der Waals surface area contributed by atoms with Gasteiger partial charge in [-0.3, -0.25) is 14.9 Å². The number of rotatable bonds is 2. The van der Waals surface area contributed by atoms with Gasteiger partial charge in [0.05, 0.1) is 5.69 Å². The monoisotopic (exact) mass is 431 g/mol. The van der Waals surface area contributed by atoms with E-state index in [-0.39, 0.29) is 11.1 Å². The van der Waals surface area contributed by atoms with Crippen molar-refractivity contribution >= 4 is 35.3 Å². The number of urea groups is 1. The highest BCUT2D eigenvalue weighted by molar-refractivity contribution is 6.39. The van der Waals surface area contributed by atoms with Crippen LogP contribution in [0.3, 0.4) is 0 Å². The van der Waals surface area contributed by atoms with Crippen LogP contribution >= 0.6 is 0 Å². The summed E-state index contributed by atoms with van der Waals surface area (Å²) in [6.07, 6.45) is 2.61. The molecule has 0 bridgehead atoms. The van der Waals surface area contributed by atoms with Gasteiger partial charge < -0.3 is 4.90 Å². The fourth-order valence-corrected chi connectivity index (χ4v) is 4.70. The van der Waals surface area contributed by atoms with Crippen molar-refractivity contribution in [2.75, 3.05) is 16.8 Å². The van der Waals surface area contributed by atoms with Gasteiger partial charge in [0.25, 0.3) is 11.8 Å². The number of anilines is 2. The van der Waals surface area contributed by atoms with Crippen LogP contribution in [-0.4, -0.2) is 30.4 Å². The lowest BCUT2D eigenvalue weighted by Gasteiger charge is -2.45. The molecule has 0 spiro atoms. The Labute approximate surface area is 188 Å². The molecule has 0 radical (unpaired) electrons. The second-order valence-electron chi connectivity index (χ2n) is 9.54. The van der Waals surface area contributed by atoms with E-state index in [1.807, 2.05) is 19.9 Å². The van der Waals surface area contributed by atoms with Crippen molar-refractivity contribution in [3.8, 4) is 0 Å². The van der Waals surface area contributed by atoms with Gasteiger partial charge in [-0.2, -0.15) is 0 Å². The zero-order valence-electron chi connectivity index (χ0n) is 19.4. The number of amides is 4. The van der Waals surface area contributed by atoms with Gasteiger partial charge in [0.15, 0.2) is 0 Å². The minimum absolute atomic E-state index is 0.0484. The lowest BCUT2D eigenvalue weighted by atomic mass is 9.79. The molecule has 6 heteroatoms. The minimum Gasteiger partial charge on any atom is -0.369 e. The summed E-state index contributed by atoms with van der Waals surface area (Å²) in [6, 6.07) is 10.5. The summed E-state index contributed by atoms with van der Waals surface area (Å²) < 4.78 is 0. The third-order valence-electron chi connectivity index (χ3n) is 6.68. The van der Waals surface area contributed by atoms with Gasteiger partial charge in [-0.05, 0) is 92.6 Å². The number of barbiturate groups is 1. The van der Waals surface area contributed by atoms with Crippen LogP contribution in [0, 0.1) is 13.8 Å². The molecule has 1 fully saturated rings. The summed E-state index contributed by atoms with van der Waals surface area (Å²) in [7, 11) is 2.10. The highest BCUT2D eigenvalue weighted by Gasteiger charge is 2.38. The molecule has 2 aliphatic rings. The molecule has 0 aliphatic carbocycles. The normalized spacial score (nSPS) is 21.6. The first-order valence-electron chi connectivity index (χ1n) is 10.9. The summed E-state index contributed by atoms with van der Waals surface area (Å²) in [6.45, 7) is 10.5. The Hall–Kier alpha value is -3.41. The van der Waals surface area contributed by atoms with Crippen LogP contribution in [-0.2, 0) is 9.59 Å². The summed E-state index contributed by atoms with van der Waals surface area (Å²) in [5.41, 5.74) is 5.48. The predicted octanol–water partition coefficient (Wildman–Crippen LogP) is 4.69. The molecule has 1 saturated heterocycles. The second-order valence-corrected chi connectivity index (χ2v) is 9.54. The first-order chi connectivity index (χ1) is 15.0. The molecular weight excluding hydrogens is 402 g/mol. The van der Waals surface area contributed by atoms with Crippen molar-refractivity contribution in [1.82, 2.24) is 5.32 Å². The molecule has 2 heterocycles. The van der Waals surface area contributed by atoms with Crippen molar-refractivity contribution in [2.24, 2.45) is 0 Å². The van der Waals surface area contributed by atoms with E-state index in [0.717, 1.165) is 28.0 Å². The van der Waals surface area contributed by atoms with Crippen LogP contribution in [0.2, 0.25) is 0 Å². The molecular formula is C26H29N3O3. The van der Waals surface area contributed by atoms with E-state index in [1.165, 1.54) is 11.3 Å². The summed E-state index contributed by atoms with van der Waals surface area (Å²) in [5, 5.41) is 2.31. The average Bonchev–Trinajstić information content (AvgIpc) is 2.69. The van der Waals surface area contributed by atoms with Crippen molar-refractivity contribution < 1.29 is 14.4 Å². The predicted molar refractivity (Wildman–Crippen MR) is 127 cm³/mol. The molecule has 1 N–H and O–H groups in total. The molecule has 32 heavy (non-hydrogen) atoms. The minimum atomic E-state index is -0.734. The van der Waals surface area contributed by atoms with E-state index in [0.29, 0.717) is 11.6 Å². The molecule has 4 amide bonds. The largest absolute Gasteiger partial charge is 0.369 e. The van der Waals surface area contributed by atoms with E-state index < -0.39 is 17.8 Å². The maximum atomic E-state index is 13.2. The third kappa shape index (κ3) is 3.60. The molecule has 6 nitrogen and oxygen atoms in total. The Bertz CT molecular complexity index is 1180. The molecule has 2 aliphatic heterocycles. The van der Waals surface area contributed by atoms with Gasteiger partial charge >= 0.3 is 6.03 Å². The zero-order valence-corrected chi connectivity index (χ0v) is 19.4. The van der Waals surface area contributed by atoms with E-state index in [4.69, 9.17) is 0 Å². The van der Waals surface area contributed by atoms with Gasteiger partial charge in [0.1, 0.15) is 5.57 Å². The topological polar surface area (TPSA) is 69.7 Å². The number of hydrogen-bond donors (Lipinski definition) is 1. The van der Waals surface area contributed by atoms with E-state index in [2.05, 4.69) is 50.2 Å². The average molecular weight is 432 g/mol. The molecule has 4 rings (SSSR count). The molecule has 0 aromatic heterocycles. The van der Waals surface area contributed by atoms with Crippen molar-refractivity contribution in [3.05, 3.63) is 64.2 Å². The van der Waals surface area contributed by atoms with E-state index >= 15 is 0 Å². The Morgan fingerprint density at radius 3 is 2.50 bits per heavy atom. The number of aryl methyl sites for hydroxylation is 2. The fourth-order valence-electron chi connectivity index (χ4n) is 4.70. The van der Waals surface area contributed by atoms with Crippen LogP contribution in [0.25, 0.3) is 6.08 Å². The van der Waals surface area contributed by atoms with Gasteiger partial charge in [-0.25, -0.2) is 9.69 Å². The maximum Gasteiger partial charge on any atom is 0.335 e. The summed E-state index contributed by atoms with van der Waals surface area (Å²) >= 11 is 0. The molecule has 0 saturated carbocycles. The van der Waals surface area contributed by atoms with Crippen LogP contribution in [0.1, 0.15) is 55.4 Å². The van der Waals surface area contributed by atoms with Crippen molar-refractivity contribution in [3.63, 3.8) is 0 Å². The number of hydrogen-bond acceptors (Lipinski definition) is 4. The number of benzene rings is 2. The van der Waals surface area contributed by atoms with Gasteiger partial charge in [0.2, 0.25) is 0 Å². The number of nitrogens with one attached hydrogen (secondary N) is 1. The van der Waals surface area contributed by atoms with Crippen LogP contribution in [0.4, 0.5) is 16.2 Å². The lowest BCUT2D eigenvalue weighted by Crippen LogP contribution is -2.54. The number of carbonyl (C=O) groups is 3. The highest BCUT2D eigenvalue weighted by atomic mass is 16.2. The van der Waals surface area contributed by atoms with Crippen LogP contribution in [0.15, 0.2) is 42.0 Å². The van der Waals surface area contributed by atoms with Gasteiger partial charge in [-0.1, -0.05) is 19.1 Å². The lowest BCUT2D eigenvalue weighted by molar-refractivity contribution is -0.122. The third-order valence-corrected chi connectivity index (χ3v) is 6.68. The first-order valence-corrected chi connectivity index (χ1v) is 10.9. The molecule has 0 unspecified atom stereocenters. The number of carbonyl (C=O) groups excluding carboxylic acids is 3. The van der Waals surface area contributed by atoms with E-state index in [1.54, 1.807) is 24.3 Å². The Kier molecular flexibility index (Phi) is 5.19. The smallest absolute Gasteiger partial charge is 0.335 e. The quantitative estimate of drug-likeness (QED) is 0.553. The number of nitrogens with zero attached hydrogens (tertiary/aromatic N) is 2. The zero-order chi connectivity index (χ0) is 23.4. The first kappa shape index (κ1) is 21.8. The Morgan fingerprint density at radius 2 is 1.81 bits per heavy atom. The van der Waals surface area contributed by atoms with Crippen LogP contribution < -0.4 is 15.1 Å². The van der Waals surface area contributed by atoms with Crippen LogP contribution in [0.5, 0.6) is 0 Å². The molecule has 166 valence electrons. The SMILES string of the molecule is Cc1cccc(N2C(=O)NC(=O)/C(=C\c3cc4c(cc3C)N(C)C(C)(C)C[C@H]4C)C2=O)c1. The maximum absolute atomic E-state index is 13.2. The Morgan fingerprint density at radius 1 is 1.09 bits per heavy atom. The number of imide groups is 2. The molecule has 1 atom stereocenters. The highest BCUT2D eigenvalue weighted by Crippen LogP contribution is 2.43. The number of fused-ring (bicyclic) bond motifs is 1. The summed E-state index contributed by atoms with van der Waals surface area (Å²) in [5.74, 6) is -0.949. The van der Waals surface area contributed by atoms with Gasteiger partial charge in [0, 0.05) is 18.3 Å². The Balaban J connectivity index is 1.78. The van der Waals surface area contributed by atoms with Crippen molar-refractivity contribution in [2.45, 2.75) is 52.5 Å².